The summed E-state index contributed by atoms with van der Waals surface area (Å²) in [7, 11) is -0.302. The predicted molar refractivity (Wildman–Crippen MR) is 428 cm³/mol. The van der Waals surface area contributed by atoms with Gasteiger partial charge >= 0.3 is 5.97 Å². The van der Waals surface area contributed by atoms with E-state index in [9.17, 15) is 15.0 Å². The molecule has 14 heteroatoms. The van der Waals surface area contributed by atoms with E-state index in [-0.39, 0.29) is 41.3 Å². The van der Waals surface area contributed by atoms with Crippen molar-refractivity contribution in [3.8, 4) is 190 Å². The van der Waals surface area contributed by atoms with Crippen LogP contribution in [0.2, 0.25) is 36.3 Å². The number of ether oxygens (including phenoxy) is 1. The van der Waals surface area contributed by atoms with Crippen LogP contribution in [0.15, 0.2) is 0 Å². The van der Waals surface area contributed by atoms with Gasteiger partial charge in [-0.2, -0.15) is 0 Å². The Hall–Kier alpha value is -6.76. The molecule has 10 nitrogen and oxygen atoms in total. The molecule has 0 spiro atoms. The van der Waals surface area contributed by atoms with Gasteiger partial charge in [-0.25, -0.2) is 0 Å². The lowest BCUT2D eigenvalue weighted by atomic mass is 10.1. The Kier molecular flexibility index (Phi) is 53.7. The van der Waals surface area contributed by atoms with Gasteiger partial charge < -0.3 is 28.7 Å². The third-order valence-corrected chi connectivity index (χ3v) is 28.8. The second-order valence-electron chi connectivity index (χ2n) is 27.6. The molecule has 4 unspecified atom stereocenters. The highest BCUT2D eigenvalue weighted by atomic mass is 33.1. The van der Waals surface area contributed by atoms with Crippen LogP contribution < -0.4 is 0 Å². The fourth-order valence-corrected chi connectivity index (χ4v) is 14.7. The van der Waals surface area contributed by atoms with Gasteiger partial charge in [-0.1, -0.05) is 166 Å². The van der Waals surface area contributed by atoms with Gasteiger partial charge in [0.1, 0.15) is 18.8 Å². The van der Waals surface area contributed by atoms with E-state index >= 15 is 0 Å². The topological polar surface area (TPSA) is 98.2 Å². The number of terminal acetylenes is 2. The molecule has 100 heavy (non-hydrogen) atoms. The van der Waals surface area contributed by atoms with Crippen molar-refractivity contribution in [2.75, 3.05) is 96.6 Å². The number of hydrogen-bond acceptors (Lipinski definition) is 12. The SMILES string of the molecule is C#CC#CC#CC#CC#CC#CC#CC#CC(O)CN(CCCCSSCCCCN1CCN(CCOC(=O)CCCN(CC(CCCCCCCC)O[Si](C)(C)C(C)(C)C)CC(CCCCCCCC)O[Si](C)(C)C(C)(C)C)CC1)CC(O)C#CC#CC#CC#CC#CC#CC#CC#C. The molecule has 0 saturated carbocycles. The van der Waals surface area contributed by atoms with Crippen molar-refractivity contribution in [1.82, 2.24) is 19.6 Å². The Morgan fingerprint density at radius 2 is 0.770 bits per heavy atom. The van der Waals surface area contributed by atoms with Gasteiger partial charge in [0.05, 0.1) is 12.2 Å². The monoisotopic (exact) mass is 1420 g/mol. The Balaban J connectivity index is 2.79. The van der Waals surface area contributed by atoms with Crippen molar-refractivity contribution in [3.63, 3.8) is 0 Å². The average molecular weight is 1420 g/mol. The maximum atomic E-state index is 13.4. The minimum Gasteiger partial charge on any atom is -0.464 e. The van der Waals surface area contributed by atoms with Crippen LogP contribution in [0.5, 0.6) is 0 Å². The summed E-state index contributed by atoms with van der Waals surface area (Å²) in [5.74, 6) is 77.5. The number of nitrogens with zero attached hydrogens (tertiary/aromatic N) is 4. The molecular weight excluding hydrogens is 1310 g/mol. The van der Waals surface area contributed by atoms with Crippen LogP contribution >= 0.6 is 21.6 Å². The van der Waals surface area contributed by atoms with E-state index in [1.807, 2.05) is 26.5 Å². The smallest absolute Gasteiger partial charge is 0.305 e. The number of rotatable bonds is 44. The number of aliphatic hydroxyl groups is 2. The zero-order valence-electron chi connectivity index (χ0n) is 62.8. The third-order valence-electron chi connectivity index (χ3n) is 17.2. The lowest BCUT2D eigenvalue weighted by Crippen LogP contribution is -2.50. The molecule has 0 aromatic carbocycles. The molecule has 2 N–H and O–H groups in total. The first-order valence-electron chi connectivity index (χ1n) is 36.0. The highest BCUT2D eigenvalue weighted by Gasteiger charge is 2.41. The van der Waals surface area contributed by atoms with Gasteiger partial charge in [0, 0.05) is 76.8 Å². The van der Waals surface area contributed by atoms with Crippen LogP contribution in [0.4, 0.5) is 0 Å². The molecule has 0 aromatic rings. The second kappa shape index (κ2) is 58.8. The third kappa shape index (κ3) is 51.4. The zero-order chi connectivity index (χ0) is 73.7. The zero-order valence-corrected chi connectivity index (χ0v) is 66.5. The largest absolute Gasteiger partial charge is 0.464 e. The predicted octanol–water partition coefficient (Wildman–Crippen LogP) is 12.8. The molecule has 1 aliphatic heterocycles. The highest BCUT2D eigenvalue weighted by Crippen LogP contribution is 2.39. The van der Waals surface area contributed by atoms with Crippen molar-refractivity contribution in [2.45, 2.75) is 244 Å². The first-order chi connectivity index (χ1) is 48.1. The summed E-state index contributed by atoms with van der Waals surface area (Å²) in [6.45, 7) is 38.1. The average Bonchev–Trinajstić information content (AvgIpc) is 0.836. The summed E-state index contributed by atoms with van der Waals surface area (Å²) in [5.41, 5.74) is 0. The normalized spacial score (nSPS) is 12.8. The number of carbonyl (C=O) groups excluding carboxylic acids is 1. The first-order valence-corrected chi connectivity index (χ1v) is 44.3. The number of aliphatic hydroxyl groups excluding tert-OH is 2. The van der Waals surface area contributed by atoms with E-state index in [4.69, 9.17) is 26.4 Å². The Morgan fingerprint density at radius 1 is 0.440 bits per heavy atom. The van der Waals surface area contributed by atoms with Crippen LogP contribution in [0.1, 0.15) is 184 Å². The maximum absolute atomic E-state index is 13.4. The molecule has 0 aromatic heterocycles. The number of piperazine rings is 1. The summed E-state index contributed by atoms with van der Waals surface area (Å²) in [6, 6.07) is 0. The second-order valence-corrected chi connectivity index (χ2v) is 39.8. The van der Waals surface area contributed by atoms with Gasteiger partial charge in [0.2, 0.25) is 0 Å². The minimum absolute atomic E-state index is 0.0996. The molecule has 534 valence electrons. The van der Waals surface area contributed by atoms with Crippen LogP contribution in [-0.2, 0) is 18.4 Å². The van der Waals surface area contributed by atoms with Crippen molar-refractivity contribution in [1.29, 1.82) is 0 Å². The van der Waals surface area contributed by atoms with Gasteiger partial charge in [0.15, 0.2) is 16.6 Å². The first kappa shape index (κ1) is 91.3. The summed E-state index contributed by atoms with van der Waals surface area (Å²) in [6.07, 6.45) is 30.9. The maximum Gasteiger partial charge on any atom is 0.305 e. The number of carbonyl (C=O) groups is 1. The summed E-state index contributed by atoms with van der Waals surface area (Å²) < 4.78 is 20.6. The van der Waals surface area contributed by atoms with Crippen molar-refractivity contribution in [2.24, 2.45) is 0 Å². The highest BCUT2D eigenvalue weighted by molar-refractivity contribution is 8.76. The van der Waals surface area contributed by atoms with Crippen LogP contribution in [0.3, 0.4) is 0 Å². The van der Waals surface area contributed by atoms with Gasteiger partial charge in [0.25, 0.3) is 0 Å². The van der Waals surface area contributed by atoms with Crippen molar-refractivity contribution >= 4 is 44.2 Å². The molecule has 0 radical (unpaired) electrons. The fraction of sp³-hybridized carbons (Fsp3) is 0.616. The summed E-state index contributed by atoms with van der Waals surface area (Å²) in [4.78, 5) is 23.0. The minimum atomic E-state index is -2.05. The van der Waals surface area contributed by atoms with Crippen LogP contribution in [-0.4, -0.2) is 173 Å². The summed E-state index contributed by atoms with van der Waals surface area (Å²) >= 11 is 0. The number of esters is 1. The molecule has 0 amide bonds. The van der Waals surface area contributed by atoms with E-state index in [0.29, 0.717) is 19.6 Å². The Labute approximate surface area is 620 Å². The van der Waals surface area contributed by atoms with Gasteiger partial charge in [-0.05, 0) is 267 Å². The van der Waals surface area contributed by atoms with E-state index in [2.05, 4.69) is 274 Å². The van der Waals surface area contributed by atoms with Crippen molar-refractivity contribution in [3.05, 3.63) is 0 Å². The van der Waals surface area contributed by atoms with Gasteiger partial charge in [-0.15, -0.1) is 12.8 Å². The van der Waals surface area contributed by atoms with E-state index in [0.717, 1.165) is 115 Å². The number of hydrogen-bond donors (Lipinski definition) is 2. The molecule has 1 heterocycles. The molecule has 1 aliphatic rings. The molecule has 1 saturated heterocycles. The molecule has 0 bridgehead atoms. The van der Waals surface area contributed by atoms with Crippen LogP contribution in [0, 0.1) is 190 Å². The van der Waals surface area contributed by atoms with E-state index in [1.54, 1.807) is 0 Å². The number of unbranched alkanes of at least 4 members (excludes halogenated alkanes) is 12. The lowest BCUT2D eigenvalue weighted by molar-refractivity contribution is -0.144. The molecule has 4 atom stereocenters. The van der Waals surface area contributed by atoms with Crippen LogP contribution in [0.25, 0.3) is 0 Å². The van der Waals surface area contributed by atoms with E-state index in [1.165, 1.54) is 77.0 Å². The Morgan fingerprint density at radius 3 is 1.15 bits per heavy atom. The quantitative estimate of drug-likeness (QED) is 0.0200. The standard InChI is InChI=1S/C86H114N4O6S2Si2/c1-15-19-23-27-31-33-35-37-39-41-43-45-47-51-60-80(91)76-89(77-81(92)61-52-48-46-44-42-40-38-36-34-32-28-24-20-16-2)66-56-58-75-98-97-74-57-55-65-87-68-70-88(71-69-87)72-73-94-84(93)64-59-67-90(78-82(62-53-49-29-25-21-17-3)95-99(11,12)85(5,6)7)79-83(63-54-50-30-26-22-18-4)96-100(13,14)86(8,9)10/h1-2,80-83,91-92H,17-18,21-22,25-26,29-30,49-50,53-59,62-79H2,3-14H3. The molecule has 1 rings (SSSR count). The van der Waals surface area contributed by atoms with Gasteiger partial charge in [-0.3, -0.25) is 19.5 Å². The summed E-state index contributed by atoms with van der Waals surface area (Å²) in [5, 5.41) is 21.8. The molecule has 0 aliphatic carbocycles. The lowest BCUT2D eigenvalue weighted by Gasteiger charge is -2.42. The Bertz CT molecular complexity index is 3270. The van der Waals surface area contributed by atoms with Crippen molar-refractivity contribution < 1.29 is 28.6 Å². The molecular formula is C86H114N4O6S2Si2. The van der Waals surface area contributed by atoms with E-state index < -0.39 is 28.8 Å². The molecule has 1 fully saturated rings. The fourth-order valence-electron chi connectivity index (χ4n) is 9.69.